The van der Waals surface area contributed by atoms with E-state index in [1.54, 1.807) is 29.0 Å². The van der Waals surface area contributed by atoms with E-state index < -0.39 is 0 Å². The first-order chi connectivity index (χ1) is 15.1. The predicted octanol–water partition coefficient (Wildman–Crippen LogP) is 3.56. The maximum atomic E-state index is 13.4. The first-order valence-electron chi connectivity index (χ1n) is 10.1. The minimum absolute atomic E-state index is 0.0163. The maximum Gasteiger partial charge on any atom is 0.253 e. The number of nitrogens with zero attached hydrogens (tertiary/aromatic N) is 5. The van der Waals surface area contributed by atoms with E-state index in [0.29, 0.717) is 24.3 Å². The molecular formula is C23H23FN6O. The Morgan fingerprint density at radius 3 is 2.74 bits per heavy atom. The van der Waals surface area contributed by atoms with E-state index in [-0.39, 0.29) is 11.7 Å². The standard InChI is InChI=1S/C23H23FN6O/c1-29(23(31)18-9-7-17(8-10-18)14-30-16-25-15-26-30)11-3-6-21-13-22(28-27-21)19-4-2-5-20(24)12-19/h2,4-5,7-10,12-13,15-16H,3,6,11,14H2,1H3,(H,27,28). The van der Waals surface area contributed by atoms with Crippen molar-refractivity contribution in [3.8, 4) is 11.3 Å². The Labute approximate surface area is 179 Å². The molecule has 8 heteroatoms. The molecule has 0 fully saturated rings. The fraction of sp³-hybridized carbons (Fsp3) is 0.217. The maximum absolute atomic E-state index is 13.4. The highest BCUT2D eigenvalue weighted by atomic mass is 19.1. The van der Waals surface area contributed by atoms with Crippen molar-refractivity contribution in [1.82, 2.24) is 29.9 Å². The third kappa shape index (κ3) is 5.22. The van der Waals surface area contributed by atoms with Crippen LogP contribution in [0.1, 0.15) is 28.0 Å². The van der Waals surface area contributed by atoms with E-state index in [4.69, 9.17) is 0 Å². The second kappa shape index (κ2) is 9.34. The Balaban J connectivity index is 1.28. The van der Waals surface area contributed by atoms with Gasteiger partial charge in [-0.05, 0) is 48.7 Å². The fourth-order valence-electron chi connectivity index (χ4n) is 3.37. The number of rotatable bonds is 8. The van der Waals surface area contributed by atoms with Gasteiger partial charge in [0.2, 0.25) is 0 Å². The summed E-state index contributed by atoms with van der Waals surface area (Å²) >= 11 is 0. The van der Waals surface area contributed by atoms with Gasteiger partial charge in [0.25, 0.3) is 5.91 Å². The van der Waals surface area contributed by atoms with Crippen LogP contribution in [0.5, 0.6) is 0 Å². The molecule has 0 radical (unpaired) electrons. The molecule has 158 valence electrons. The molecule has 0 aliphatic carbocycles. The molecule has 2 aromatic carbocycles. The summed E-state index contributed by atoms with van der Waals surface area (Å²) in [5.41, 5.74) is 4.11. The molecule has 1 amide bonds. The molecule has 0 atom stereocenters. The second-order valence-corrected chi connectivity index (χ2v) is 7.41. The van der Waals surface area contributed by atoms with Crippen LogP contribution in [0.2, 0.25) is 0 Å². The Morgan fingerprint density at radius 2 is 2.00 bits per heavy atom. The van der Waals surface area contributed by atoms with E-state index >= 15 is 0 Å². The van der Waals surface area contributed by atoms with Crippen molar-refractivity contribution in [3.63, 3.8) is 0 Å². The summed E-state index contributed by atoms with van der Waals surface area (Å²) in [5, 5.41) is 11.3. The van der Waals surface area contributed by atoms with Gasteiger partial charge in [0.15, 0.2) is 0 Å². The number of halogens is 1. The smallest absolute Gasteiger partial charge is 0.253 e. The molecule has 0 bridgehead atoms. The van der Waals surface area contributed by atoms with Gasteiger partial charge >= 0.3 is 0 Å². The number of hydrogen-bond donors (Lipinski definition) is 1. The first kappa shape index (κ1) is 20.5. The van der Waals surface area contributed by atoms with Gasteiger partial charge < -0.3 is 4.90 Å². The molecule has 2 heterocycles. The summed E-state index contributed by atoms with van der Waals surface area (Å²) in [7, 11) is 1.80. The van der Waals surface area contributed by atoms with E-state index in [1.165, 1.54) is 18.5 Å². The van der Waals surface area contributed by atoms with Gasteiger partial charge in [-0.25, -0.2) is 14.1 Å². The van der Waals surface area contributed by atoms with Crippen molar-refractivity contribution in [2.45, 2.75) is 19.4 Å². The number of aromatic nitrogens is 5. The zero-order chi connectivity index (χ0) is 21.6. The zero-order valence-electron chi connectivity index (χ0n) is 17.2. The van der Waals surface area contributed by atoms with E-state index in [2.05, 4.69) is 20.3 Å². The summed E-state index contributed by atoms with van der Waals surface area (Å²) in [6.07, 6.45) is 4.69. The molecule has 4 rings (SSSR count). The molecule has 2 aromatic heterocycles. The average Bonchev–Trinajstić information content (AvgIpc) is 3.46. The molecule has 0 saturated heterocycles. The summed E-state index contributed by atoms with van der Waals surface area (Å²) in [4.78, 5) is 18.3. The number of nitrogens with one attached hydrogen (secondary N) is 1. The SMILES string of the molecule is CN(CCCc1cc(-c2cccc(F)c2)n[nH]1)C(=O)c1ccc(Cn2cncn2)cc1. The summed E-state index contributed by atoms with van der Waals surface area (Å²) in [6, 6.07) is 15.8. The second-order valence-electron chi connectivity index (χ2n) is 7.41. The van der Waals surface area contributed by atoms with Crippen LogP contribution in [0.15, 0.2) is 67.3 Å². The van der Waals surface area contributed by atoms with E-state index in [9.17, 15) is 9.18 Å². The fourth-order valence-corrected chi connectivity index (χ4v) is 3.37. The van der Waals surface area contributed by atoms with Crippen LogP contribution in [0.25, 0.3) is 11.3 Å². The lowest BCUT2D eigenvalue weighted by atomic mass is 10.1. The lowest BCUT2D eigenvalue weighted by Crippen LogP contribution is -2.28. The van der Waals surface area contributed by atoms with Crippen LogP contribution >= 0.6 is 0 Å². The van der Waals surface area contributed by atoms with Crippen molar-refractivity contribution in [2.75, 3.05) is 13.6 Å². The monoisotopic (exact) mass is 418 g/mol. The van der Waals surface area contributed by atoms with Crippen molar-refractivity contribution in [3.05, 3.63) is 89.9 Å². The van der Waals surface area contributed by atoms with Crippen molar-refractivity contribution in [1.29, 1.82) is 0 Å². The molecule has 7 nitrogen and oxygen atoms in total. The Kier molecular flexibility index (Phi) is 6.16. The number of benzene rings is 2. The Hall–Kier alpha value is -3.81. The Bertz CT molecular complexity index is 1140. The van der Waals surface area contributed by atoms with E-state index in [1.807, 2.05) is 36.4 Å². The molecule has 0 aliphatic heterocycles. The first-order valence-corrected chi connectivity index (χ1v) is 10.1. The molecule has 0 unspecified atom stereocenters. The number of aromatic amines is 1. The number of aryl methyl sites for hydroxylation is 1. The van der Waals surface area contributed by atoms with Crippen LogP contribution in [0.3, 0.4) is 0 Å². The highest BCUT2D eigenvalue weighted by Gasteiger charge is 2.12. The Morgan fingerprint density at radius 1 is 1.16 bits per heavy atom. The summed E-state index contributed by atoms with van der Waals surface area (Å²) in [5.74, 6) is -0.300. The van der Waals surface area contributed by atoms with Gasteiger partial charge in [-0.1, -0.05) is 24.3 Å². The number of hydrogen-bond acceptors (Lipinski definition) is 4. The molecular weight excluding hydrogens is 395 g/mol. The highest BCUT2D eigenvalue weighted by molar-refractivity contribution is 5.94. The van der Waals surface area contributed by atoms with Gasteiger partial charge in [-0.15, -0.1) is 0 Å². The zero-order valence-corrected chi connectivity index (χ0v) is 17.2. The summed E-state index contributed by atoms with van der Waals surface area (Å²) in [6.45, 7) is 1.24. The van der Waals surface area contributed by atoms with Gasteiger partial charge in [0, 0.05) is 30.4 Å². The van der Waals surface area contributed by atoms with Gasteiger partial charge in [0.1, 0.15) is 18.5 Å². The summed E-state index contributed by atoms with van der Waals surface area (Å²) < 4.78 is 15.1. The molecule has 1 N–H and O–H groups in total. The quantitative estimate of drug-likeness (QED) is 0.475. The third-order valence-electron chi connectivity index (χ3n) is 5.05. The number of amides is 1. The van der Waals surface area contributed by atoms with Crippen LogP contribution in [0.4, 0.5) is 4.39 Å². The molecule has 31 heavy (non-hydrogen) atoms. The molecule has 4 aromatic rings. The molecule has 0 saturated carbocycles. The average molecular weight is 418 g/mol. The van der Waals surface area contributed by atoms with Crippen molar-refractivity contribution in [2.24, 2.45) is 0 Å². The number of carbonyl (C=O) groups is 1. The van der Waals surface area contributed by atoms with Gasteiger partial charge in [-0.2, -0.15) is 10.2 Å². The molecule has 0 spiro atoms. The minimum atomic E-state index is -0.284. The lowest BCUT2D eigenvalue weighted by molar-refractivity contribution is 0.0793. The minimum Gasteiger partial charge on any atom is -0.342 e. The normalized spacial score (nSPS) is 10.9. The van der Waals surface area contributed by atoms with Crippen LogP contribution in [-0.4, -0.2) is 49.4 Å². The largest absolute Gasteiger partial charge is 0.342 e. The highest BCUT2D eigenvalue weighted by Crippen LogP contribution is 2.19. The number of carbonyl (C=O) groups excluding carboxylic acids is 1. The predicted molar refractivity (Wildman–Crippen MR) is 115 cm³/mol. The third-order valence-corrected chi connectivity index (χ3v) is 5.05. The van der Waals surface area contributed by atoms with Crippen LogP contribution in [-0.2, 0) is 13.0 Å². The van der Waals surface area contributed by atoms with Gasteiger partial charge in [0.05, 0.1) is 12.2 Å². The number of H-pyrrole nitrogens is 1. The molecule has 0 aliphatic rings. The lowest BCUT2D eigenvalue weighted by Gasteiger charge is -2.17. The van der Waals surface area contributed by atoms with E-state index in [0.717, 1.165) is 29.7 Å². The van der Waals surface area contributed by atoms with Gasteiger partial charge in [-0.3, -0.25) is 9.89 Å². The van der Waals surface area contributed by atoms with Crippen molar-refractivity contribution < 1.29 is 9.18 Å². The van der Waals surface area contributed by atoms with Crippen LogP contribution < -0.4 is 0 Å². The van der Waals surface area contributed by atoms with Crippen LogP contribution in [0, 0.1) is 5.82 Å². The topological polar surface area (TPSA) is 79.7 Å². The van der Waals surface area contributed by atoms with Crippen molar-refractivity contribution >= 4 is 5.91 Å².